The number of phenols is 2. The maximum atomic E-state index is 13.3. The fraction of sp³-hybridized carbons (Fsp3) is 0.0571. The molecule has 0 aliphatic heterocycles. The Balaban J connectivity index is 1.26. The topological polar surface area (TPSA) is 283 Å². The third-order valence-corrected chi connectivity index (χ3v) is 12.9. The lowest BCUT2D eigenvalue weighted by Gasteiger charge is -2.17. The van der Waals surface area contributed by atoms with Gasteiger partial charge in [-0.2, -0.15) is 16.8 Å². The molecule has 0 aliphatic carbocycles. The highest BCUT2D eigenvalue weighted by Crippen LogP contribution is 2.42. The largest absolute Gasteiger partial charge is 0.504 e. The summed E-state index contributed by atoms with van der Waals surface area (Å²) in [6.45, 7) is 3.11. The van der Waals surface area contributed by atoms with Gasteiger partial charge in [-0.3, -0.25) is 9.11 Å². The maximum Gasteiger partial charge on any atom is 0.342 e. The Bertz CT molecular complexity index is 2880. The zero-order chi connectivity index (χ0) is 41.0. The maximum absolute atomic E-state index is 13.3. The van der Waals surface area contributed by atoms with Crippen LogP contribution in [0.4, 0.5) is 27.5 Å². The van der Waals surface area contributed by atoms with Gasteiger partial charge >= 0.3 is 6.03 Å². The molecule has 0 unspecified atom stereocenters. The molecule has 17 nitrogen and oxygen atoms in total. The number of nitrogens with one attached hydrogen (secondary N) is 4. The van der Waals surface area contributed by atoms with Crippen LogP contribution < -0.4 is 20.1 Å². The Hall–Kier alpha value is -5.97. The smallest absolute Gasteiger partial charge is 0.342 e. The molecule has 0 atom stereocenters. The number of hydrogen-bond acceptors (Lipinski definition) is 13. The Morgan fingerprint density at radius 3 is 1.23 bits per heavy atom. The normalized spacial score (nSPS) is 12.4. The number of urea groups is 1. The summed E-state index contributed by atoms with van der Waals surface area (Å²) in [4.78, 5) is 10.2. The molecule has 292 valence electrons. The SMILES string of the molecule is Cc1ccc(S(=O)(=O)NC(=O)NS(=O)(=O)c2ccc(C)c(Nc3c(O)c(S(=O)(=O)O)cc4ccccc34)c2)cc1Nc1c(O)c(S(=O)(=O)O)cc2ccccc12. The second kappa shape index (κ2) is 14.3. The van der Waals surface area contributed by atoms with E-state index >= 15 is 0 Å². The van der Waals surface area contributed by atoms with E-state index in [9.17, 15) is 57.8 Å². The molecule has 8 N–H and O–H groups in total. The summed E-state index contributed by atoms with van der Waals surface area (Å²) in [7, 11) is -19.4. The molecule has 2 amide bonds. The van der Waals surface area contributed by atoms with Gasteiger partial charge in [-0.05, 0) is 72.1 Å². The van der Waals surface area contributed by atoms with E-state index in [4.69, 9.17) is 0 Å². The second-order valence-electron chi connectivity index (χ2n) is 12.3. The summed E-state index contributed by atoms with van der Waals surface area (Å²) < 4.78 is 124. The van der Waals surface area contributed by atoms with Crippen LogP contribution in [-0.2, 0) is 40.3 Å². The third kappa shape index (κ3) is 7.89. The third-order valence-electron chi connectivity index (χ3n) is 8.54. The van der Waals surface area contributed by atoms with E-state index in [-0.39, 0.29) is 22.7 Å². The summed E-state index contributed by atoms with van der Waals surface area (Å²) >= 11 is 0. The molecule has 0 bridgehead atoms. The monoisotopic (exact) mass is 842 g/mol. The standard InChI is InChI=1S/C35H30N4O13S4/c1-19-11-13-23(17-27(19)36-31-25-9-5-3-7-21(25)15-29(33(31)40)55(47,48)49)53(43,44)38-35(42)39-54(45,46)24-14-12-20(2)28(18-24)37-32-26-10-6-4-8-22(26)16-30(34(32)41)56(50,51)52/h3-18,36-37,40-41H,1-2H3,(H2,38,39,42)(H,47,48,49)(H,50,51,52). The number of carbonyl (C=O) groups is 1. The van der Waals surface area contributed by atoms with Crippen molar-refractivity contribution in [1.29, 1.82) is 0 Å². The van der Waals surface area contributed by atoms with Crippen LogP contribution in [0.15, 0.2) is 117 Å². The van der Waals surface area contributed by atoms with Gasteiger partial charge in [-0.15, -0.1) is 0 Å². The fourth-order valence-electron chi connectivity index (χ4n) is 5.73. The molecule has 0 aromatic heterocycles. The van der Waals surface area contributed by atoms with Crippen molar-refractivity contribution in [2.75, 3.05) is 10.6 Å². The first-order valence-electron chi connectivity index (χ1n) is 15.9. The van der Waals surface area contributed by atoms with E-state index in [0.29, 0.717) is 32.7 Å². The number of hydrogen-bond donors (Lipinski definition) is 8. The summed E-state index contributed by atoms with van der Waals surface area (Å²) in [5.74, 6) is -1.71. The number of fused-ring (bicyclic) bond motifs is 2. The van der Waals surface area contributed by atoms with Gasteiger partial charge in [-0.25, -0.2) is 31.1 Å². The van der Waals surface area contributed by atoms with Gasteiger partial charge in [0.05, 0.1) is 21.2 Å². The summed E-state index contributed by atoms with van der Waals surface area (Å²) in [6.07, 6.45) is 0. The lowest BCUT2D eigenvalue weighted by Crippen LogP contribution is -2.42. The van der Waals surface area contributed by atoms with Gasteiger partial charge in [0.25, 0.3) is 40.3 Å². The first-order valence-corrected chi connectivity index (χ1v) is 21.7. The molecule has 56 heavy (non-hydrogen) atoms. The first kappa shape index (κ1) is 39.7. The van der Waals surface area contributed by atoms with Gasteiger partial charge in [0.2, 0.25) is 0 Å². The number of anilines is 4. The highest BCUT2D eigenvalue weighted by molar-refractivity contribution is 7.91. The number of carbonyl (C=O) groups excluding carboxylic acids is 1. The fourth-order valence-corrected chi connectivity index (χ4v) is 8.90. The molecule has 0 spiro atoms. The molecule has 6 aromatic carbocycles. The first-order chi connectivity index (χ1) is 26.1. The van der Waals surface area contributed by atoms with Crippen molar-refractivity contribution in [2.24, 2.45) is 0 Å². The lowest BCUT2D eigenvalue weighted by atomic mass is 10.1. The molecular formula is C35H30N4O13S4. The quantitative estimate of drug-likeness (QED) is 0.0635. The van der Waals surface area contributed by atoms with Crippen molar-refractivity contribution in [2.45, 2.75) is 33.4 Å². The highest BCUT2D eigenvalue weighted by Gasteiger charge is 2.27. The molecule has 0 fully saturated rings. The number of aromatic hydroxyl groups is 2. The summed E-state index contributed by atoms with van der Waals surface area (Å²) in [6, 6.07) is 19.8. The molecule has 21 heteroatoms. The number of rotatable bonds is 10. The van der Waals surface area contributed by atoms with Crippen LogP contribution in [-0.4, -0.2) is 59.0 Å². The van der Waals surface area contributed by atoms with Gasteiger partial charge in [0.15, 0.2) is 11.5 Å². The number of sulfonamides is 2. The number of benzene rings is 6. The predicted molar refractivity (Wildman–Crippen MR) is 206 cm³/mol. The molecule has 0 saturated heterocycles. The van der Waals surface area contributed by atoms with Crippen molar-refractivity contribution < 1.29 is 57.8 Å². The second-order valence-corrected chi connectivity index (χ2v) is 18.5. The average molecular weight is 843 g/mol. The minimum atomic E-state index is -4.90. The van der Waals surface area contributed by atoms with Crippen molar-refractivity contribution in [3.05, 3.63) is 108 Å². The zero-order valence-electron chi connectivity index (χ0n) is 28.8. The van der Waals surface area contributed by atoms with E-state index in [2.05, 4.69) is 10.6 Å². The Morgan fingerprint density at radius 1 is 0.518 bits per heavy atom. The lowest BCUT2D eigenvalue weighted by molar-refractivity contribution is 0.250. The van der Waals surface area contributed by atoms with Crippen LogP contribution in [0.3, 0.4) is 0 Å². The Kier molecular flexibility index (Phi) is 10.1. The van der Waals surface area contributed by atoms with Crippen molar-refractivity contribution >= 4 is 90.6 Å². The Morgan fingerprint density at radius 2 is 0.875 bits per heavy atom. The van der Waals surface area contributed by atoms with Gasteiger partial charge in [0, 0.05) is 22.1 Å². The van der Waals surface area contributed by atoms with Crippen LogP contribution in [0.1, 0.15) is 11.1 Å². The number of amides is 2. The minimum Gasteiger partial charge on any atom is -0.504 e. The minimum absolute atomic E-state index is 0.0227. The average Bonchev–Trinajstić information content (AvgIpc) is 3.10. The molecule has 0 aliphatic rings. The van der Waals surface area contributed by atoms with Crippen LogP contribution in [0, 0.1) is 13.8 Å². The molecule has 6 aromatic rings. The summed E-state index contributed by atoms with van der Waals surface area (Å²) in [5, 5.41) is 28.5. The van der Waals surface area contributed by atoms with Crippen LogP contribution in [0.5, 0.6) is 11.5 Å². The number of aryl methyl sites for hydroxylation is 2. The van der Waals surface area contributed by atoms with Crippen molar-refractivity contribution in [3.63, 3.8) is 0 Å². The van der Waals surface area contributed by atoms with Crippen LogP contribution in [0.2, 0.25) is 0 Å². The predicted octanol–water partition coefficient (Wildman–Crippen LogP) is 5.38. The number of phenolic OH excluding ortho intramolecular Hbond substituents is 2. The molecule has 0 radical (unpaired) electrons. The van der Waals surface area contributed by atoms with Crippen LogP contribution in [0.25, 0.3) is 21.5 Å². The molecule has 0 heterocycles. The Labute approximate surface area is 320 Å². The van der Waals surface area contributed by atoms with Crippen molar-refractivity contribution in [3.8, 4) is 11.5 Å². The highest BCUT2D eigenvalue weighted by atomic mass is 32.2. The molecule has 0 saturated carbocycles. The molecule has 6 rings (SSSR count). The van der Waals surface area contributed by atoms with E-state index in [0.717, 1.165) is 36.4 Å². The van der Waals surface area contributed by atoms with Crippen LogP contribution >= 0.6 is 0 Å². The molecular weight excluding hydrogens is 813 g/mol. The van der Waals surface area contributed by atoms with Crippen molar-refractivity contribution in [1.82, 2.24) is 9.44 Å². The zero-order valence-corrected chi connectivity index (χ0v) is 32.1. The van der Waals surface area contributed by atoms with Gasteiger partial charge < -0.3 is 20.8 Å². The van der Waals surface area contributed by atoms with E-state index in [1.807, 2.05) is 0 Å². The van der Waals surface area contributed by atoms with E-state index in [1.165, 1.54) is 36.4 Å². The van der Waals surface area contributed by atoms with E-state index < -0.39 is 77.4 Å². The van der Waals surface area contributed by atoms with Gasteiger partial charge in [-0.1, -0.05) is 60.7 Å². The van der Waals surface area contributed by atoms with Gasteiger partial charge in [0.1, 0.15) is 9.79 Å². The van der Waals surface area contributed by atoms with E-state index in [1.54, 1.807) is 47.6 Å². The summed E-state index contributed by atoms with van der Waals surface area (Å²) in [5.41, 5.74) is 0.459.